The number of carbonyl (C=O) groups excluding carboxylic acids is 1. The molecule has 1 fully saturated rings. The number of likely N-dealkylation sites (tertiary alicyclic amines) is 1. The summed E-state index contributed by atoms with van der Waals surface area (Å²) in [6.07, 6.45) is 2.25. The zero-order valence-electron chi connectivity index (χ0n) is 17.8. The van der Waals surface area contributed by atoms with E-state index >= 15 is 0 Å². The zero-order chi connectivity index (χ0) is 22.1. The Hall–Kier alpha value is -3.62. The van der Waals surface area contributed by atoms with Gasteiger partial charge >= 0.3 is 0 Å². The van der Waals surface area contributed by atoms with E-state index in [4.69, 9.17) is 4.98 Å². The lowest BCUT2D eigenvalue weighted by molar-refractivity contribution is -0.136. The molecule has 0 aliphatic carbocycles. The lowest BCUT2D eigenvalue weighted by atomic mass is 9.96. The minimum absolute atomic E-state index is 0.0365. The molecule has 5 rings (SSSR count). The van der Waals surface area contributed by atoms with E-state index in [0.29, 0.717) is 25.3 Å². The van der Waals surface area contributed by atoms with Crippen molar-refractivity contribution in [3.63, 3.8) is 0 Å². The average Bonchev–Trinajstić information content (AvgIpc) is 3.44. The van der Waals surface area contributed by atoms with Gasteiger partial charge in [-0.05, 0) is 60.0 Å². The Kier molecular flexibility index (Phi) is 5.38. The molecule has 1 aliphatic heterocycles. The number of fused-ring (bicyclic) bond motifs is 1. The Bertz CT molecular complexity index is 1200. The number of halogens is 1. The number of H-pyrrole nitrogens is 1. The van der Waals surface area contributed by atoms with Crippen molar-refractivity contribution in [1.29, 1.82) is 0 Å². The molecule has 1 N–H and O–H groups in total. The van der Waals surface area contributed by atoms with Crippen molar-refractivity contribution in [3.05, 3.63) is 71.6 Å². The number of rotatable bonds is 5. The van der Waals surface area contributed by atoms with Crippen LogP contribution in [0.5, 0.6) is 0 Å². The SMILES string of the molecule is Cc1nnnn1[C@H](Cc1ccc(F)cc1)C(=O)N1CCC[C@@H](c2nc3ccccc3[nH]2)C1. The van der Waals surface area contributed by atoms with E-state index in [2.05, 4.69) is 20.5 Å². The van der Waals surface area contributed by atoms with Crippen molar-refractivity contribution in [2.75, 3.05) is 13.1 Å². The highest BCUT2D eigenvalue weighted by Gasteiger charge is 2.33. The second-order valence-corrected chi connectivity index (χ2v) is 8.28. The van der Waals surface area contributed by atoms with Crippen LogP contribution in [0.1, 0.15) is 42.0 Å². The highest BCUT2D eigenvalue weighted by atomic mass is 19.1. The Morgan fingerprint density at radius 3 is 2.78 bits per heavy atom. The van der Waals surface area contributed by atoms with Crippen LogP contribution in [0.4, 0.5) is 4.39 Å². The number of nitrogens with zero attached hydrogens (tertiary/aromatic N) is 6. The van der Waals surface area contributed by atoms with Crippen molar-refractivity contribution in [1.82, 2.24) is 35.1 Å². The van der Waals surface area contributed by atoms with E-state index in [0.717, 1.165) is 35.3 Å². The monoisotopic (exact) mass is 433 g/mol. The number of nitrogens with one attached hydrogen (secondary N) is 1. The molecule has 8 nitrogen and oxygen atoms in total. The first-order chi connectivity index (χ1) is 15.6. The van der Waals surface area contributed by atoms with Gasteiger partial charge in [0.15, 0.2) is 0 Å². The first-order valence-electron chi connectivity index (χ1n) is 10.8. The molecule has 2 aromatic carbocycles. The van der Waals surface area contributed by atoms with Crippen LogP contribution in [0.2, 0.25) is 0 Å². The quantitative estimate of drug-likeness (QED) is 0.522. The van der Waals surface area contributed by atoms with Crippen LogP contribution in [-0.2, 0) is 11.2 Å². The number of carbonyl (C=O) groups is 1. The maximum absolute atomic E-state index is 13.7. The molecule has 3 heterocycles. The number of piperidine rings is 1. The molecule has 0 spiro atoms. The molecule has 32 heavy (non-hydrogen) atoms. The molecular weight excluding hydrogens is 409 g/mol. The largest absolute Gasteiger partial charge is 0.342 e. The molecule has 1 saturated heterocycles. The molecule has 164 valence electrons. The number of aromatic amines is 1. The lowest BCUT2D eigenvalue weighted by Crippen LogP contribution is -2.44. The molecule has 2 atom stereocenters. The summed E-state index contributed by atoms with van der Waals surface area (Å²) in [4.78, 5) is 23.7. The van der Waals surface area contributed by atoms with E-state index in [-0.39, 0.29) is 17.6 Å². The van der Waals surface area contributed by atoms with Gasteiger partial charge in [-0.25, -0.2) is 14.1 Å². The van der Waals surface area contributed by atoms with Crippen LogP contribution < -0.4 is 0 Å². The predicted molar refractivity (Wildman–Crippen MR) is 116 cm³/mol. The summed E-state index contributed by atoms with van der Waals surface area (Å²) in [7, 11) is 0. The van der Waals surface area contributed by atoms with Crippen LogP contribution in [0.15, 0.2) is 48.5 Å². The van der Waals surface area contributed by atoms with Crippen LogP contribution in [-0.4, -0.2) is 54.1 Å². The summed E-state index contributed by atoms with van der Waals surface area (Å²) >= 11 is 0. The lowest BCUT2D eigenvalue weighted by Gasteiger charge is -2.34. The number of amides is 1. The molecule has 1 aliphatic rings. The van der Waals surface area contributed by atoms with Crippen molar-refractivity contribution in [3.8, 4) is 0 Å². The van der Waals surface area contributed by atoms with E-state index in [1.165, 1.54) is 12.1 Å². The molecule has 0 bridgehead atoms. The van der Waals surface area contributed by atoms with Crippen LogP contribution in [0.3, 0.4) is 0 Å². The fourth-order valence-electron chi connectivity index (χ4n) is 4.43. The maximum Gasteiger partial charge on any atom is 0.247 e. The van der Waals surface area contributed by atoms with E-state index < -0.39 is 6.04 Å². The first-order valence-corrected chi connectivity index (χ1v) is 10.8. The second-order valence-electron chi connectivity index (χ2n) is 8.28. The number of para-hydroxylation sites is 2. The molecule has 1 amide bonds. The molecule has 0 radical (unpaired) electrons. The standard InChI is InChI=1S/C23H24FN7O/c1-15-27-28-29-31(15)21(13-16-8-10-18(24)11-9-16)23(32)30-12-4-5-17(14-30)22-25-19-6-2-3-7-20(19)26-22/h2-3,6-11,17,21H,4-5,12-14H2,1H3,(H,25,26)/t17-,21-/m1/s1. The first kappa shape index (κ1) is 20.3. The summed E-state index contributed by atoms with van der Waals surface area (Å²) in [6, 6.07) is 13.6. The number of benzene rings is 2. The number of hydrogen-bond donors (Lipinski definition) is 1. The number of hydrogen-bond acceptors (Lipinski definition) is 5. The van der Waals surface area contributed by atoms with Gasteiger partial charge in [0, 0.05) is 25.4 Å². The fourth-order valence-corrected chi connectivity index (χ4v) is 4.43. The fraction of sp³-hybridized carbons (Fsp3) is 0.348. The van der Waals surface area contributed by atoms with Gasteiger partial charge in [-0.1, -0.05) is 24.3 Å². The van der Waals surface area contributed by atoms with E-state index in [9.17, 15) is 9.18 Å². The van der Waals surface area contributed by atoms with Gasteiger partial charge in [-0.2, -0.15) is 0 Å². The van der Waals surface area contributed by atoms with Gasteiger partial charge in [0.25, 0.3) is 0 Å². The third kappa shape index (κ3) is 3.98. The normalized spacial score (nSPS) is 17.6. The minimum Gasteiger partial charge on any atom is -0.342 e. The topological polar surface area (TPSA) is 92.6 Å². The van der Waals surface area contributed by atoms with Crippen molar-refractivity contribution in [2.24, 2.45) is 0 Å². The summed E-state index contributed by atoms with van der Waals surface area (Å²) in [5, 5.41) is 11.8. The Morgan fingerprint density at radius 1 is 1.22 bits per heavy atom. The average molecular weight is 433 g/mol. The van der Waals surface area contributed by atoms with Crippen LogP contribution in [0, 0.1) is 12.7 Å². The third-order valence-electron chi connectivity index (χ3n) is 6.11. The summed E-state index contributed by atoms with van der Waals surface area (Å²) in [5.41, 5.74) is 2.79. The van der Waals surface area contributed by atoms with Crippen molar-refractivity contribution in [2.45, 2.75) is 38.1 Å². The van der Waals surface area contributed by atoms with E-state index in [1.807, 2.05) is 29.2 Å². The van der Waals surface area contributed by atoms with Gasteiger partial charge in [-0.3, -0.25) is 4.79 Å². The minimum atomic E-state index is -0.593. The predicted octanol–water partition coefficient (Wildman–Crippen LogP) is 3.19. The second kappa shape index (κ2) is 8.49. The molecule has 9 heteroatoms. The van der Waals surface area contributed by atoms with Crippen molar-refractivity contribution >= 4 is 16.9 Å². The third-order valence-corrected chi connectivity index (χ3v) is 6.11. The Morgan fingerprint density at radius 2 is 2.03 bits per heavy atom. The number of imidazole rings is 1. The smallest absolute Gasteiger partial charge is 0.247 e. The van der Waals surface area contributed by atoms with Gasteiger partial charge in [0.05, 0.1) is 11.0 Å². The maximum atomic E-state index is 13.7. The summed E-state index contributed by atoms with van der Waals surface area (Å²) in [5.74, 6) is 1.28. The summed E-state index contributed by atoms with van der Waals surface area (Å²) in [6.45, 7) is 3.04. The molecule has 0 saturated carbocycles. The zero-order valence-corrected chi connectivity index (χ0v) is 17.8. The van der Waals surface area contributed by atoms with Gasteiger partial charge < -0.3 is 9.88 Å². The van der Waals surface area contributed by atoms with Crippen molar-refractivity contribution < 1.29 is 9.18 Å². The van der Waals surface area contributed by atoms with Gasteiger partial charge in [-0.15, -0.1) is 5.10 Å². The highest BCUT2D eigenvalue weighted by Crippen LogP contribution is 2.29. The molecular formula is C23H24FN7O. The van der Waals surface area contributed by atoms with Crippen LogP contribution >= 0.6 is 0 Å². The molecule has 2 aromatic heterocycles. The highest BCUT2D eigenvalue weighted by molar-refractivity contribution is 5.81. The number of tetrazole rings is 1. The number of aromatic nitrogens is 6. The van der Waals surface area contributed by atoms with Gasteiger partial charge in [0.2, 0.25) is 5.91 Å². The summed E-state index contributed by atoms with van der Waals surface area (Å²) < 4.78 is 14.9. The van der Waals surface area contributed by atoms with Crippen LogP contribution in [0.25, 0.3) is 11.0 Å². The molecule has 4 aromatic rings. The number of aryl methyl sites for hydroxylation is 1. The van der Waals surface area contributed by atoms with Gasteiger partial charge in [0.1, 0.15) is 23.5 Å². The Labute approximate surface area is 184 Å². The molecule has 0 unspecified atom stereocenters. The van der Waals surface area contributed by atoms with E-state index in [1.54, 1.807) is 23.7 Å². The Balaban J connectivity index is 1.39.